The van der Waals surface area contributed by atoms with Gasteiger partial charge in [-0.1, -0.05) is 41.5 Å². The van der Waals surface area contributed by atoms with E-state index in [9.17, 15) is 4.79 Å². The maximum atomic E-state index is 12.3. The summed E-state index contributed by atoms with van der Waals surface area (Å²) in [5.41, 5.74) is 7.06. The summed E-state index contributed by atoms with van der Waals surface area (Å²) < 4.78 is 0. The van der Waals surface area contributed by atoms with Gasteiger partial charge in [0.05, 0.1) is 7.05 Å². The zero-order chi connectivity index (χ0) is 17.0. The number of benzene rings is 2. The van der Waals surface area contributed by atoms with Crippen molar-refractivity contribution in [2.75, 3.05) is 18.9 Å². The molecule has 2 aromatic rings. The number of anilines is 1. The Bertz CT molecular complexity index is 687. The van der Waals surface area contributed by atoms with E-state index in [-0.39, 0.29) is 5.91 Å². The van der Waals surface area contributed by atoms with E-state index in [2.05, 4.69) is 57.4 Å². The largest absolute Gasteiger partial charge is 0.326 e. The van der Waals surface area contributed by atoms with Crippen molar-refractivity contribution < 1.29 is 9.69 Å². The molecular formula is C20H27N2O+. The zero-order valence-corrected chi connectivity index (χ0v) is 14.8. The summed E-state index contributed by atoms with van der Waals surface area (Å²) in [5.74, 6) is 0.0561. The Morgan fingerprint density at radius 2 is 1.70 bits per heavy atom. The molecule has 0 aromatic heterocycles. The minimum atomic E-state index is 0.0561. The number of rotatable bonds is 5. The zero-order valence-electron chi connectivity index (χ0n) is 14.8. The molecule has 1 atom stereocenters. The Morgan fingerprint density at radius 1 is 1.04 bits per heavy atom. The molecule has 1 unspecified atom stereocenters. The first-order chi connectivity index (χ1) is 10.8. The summed E-state index contributed by atoms with van der Waals surface area (Å²) in [4.78, 5) is 13.5. The van der Waals surface area contributed by atoms with Gasteiger partial charge < -0.3 is 10.2 Å². The predicted octanol–water partition coefficient (Wildman–Crippen LogP) is 2.57. The van der Waals surface area contributed by atoms with Crippen molar-refractivity contribution >= 4 is 11.6 Å². The first-order valence-electron chi connectivity index (χ1n) is 8.09. The van der Waals surface area contributed by atoms with E-state index >= 15 is 0 Å². The summed E-state index contributed by atoms with van der Waals surface area (Å²) in [5, 5.41) is 3.03. The number of hydrogen-bond acceptors (Lipinski definition) is 1. The second kappa shape index (κ2) is 7.42. The average Bonchev–Trinajstić information content (AvgIpc) is 2.42. The topological polar surface area (TPSA) is 33.5 Å². The Morgan fingerprint density at radius 3 is 2.35 bits per heavy atom. The van der Waals surface area contributed by atoms with Crippen LogP contribution in [-0.2, 0) is 11.3 Å². The molecule has 122 valence electrons. The standard InChI is InChI=1S/C20H26N2O/c1-14-9-15(2)11-18(10-14)12-22(5)13-20(23)21-19-8-6-7-16(3)17(19)4/h6-11H,12-13H2,1-5H3,(H,21,23)/p+1. The fourth-order valence-electron chi connectivity index (χ4n) is 2.94. The molecule has 0 spiro atoms. The van der Waals surface area contributed by atoms with Crippen molar-refractivity contribution in [3.8, 4) is 0 Å². The summed E-state index contributed by atoms with van der Waals surface area (Å²) in [6, 6.07) is 12.6. The highest BCUT2D eigenvalue weighted by Crippen LogP contribution is 2.17. The first kappa shape index (κ1) is 17.2. The van der Waals surface area contributed by atoms with Gasteiger partial charge in [-0.15, -0.1) is 0 Å². The Labute approximate surface area is 139 Å². The van der Waals surface area contributed by atoms with Crippen molar-refractivity contribution in [1.29, 1.82) is 0 Å². The highest BCUT2D eigenvalue weighted by atomic mass is 16.2. The number of quaternary nitrogens is 1. The van der Waals surface area contributed by atoms with Crippen LogP contribution in [0.1, 0.15) is 27.8 Å². The summed E-state index contributed by atoms with van der Waals surface area (Å²) >= 11 is 0. The quantitative estimate of drug-likeness (QED) is 0.874. The molecule has 0 radical (unpaired) electrons. The number of carbonyl (C=O) groups excluding carboxylic acids is 1. The molecule has 0 heterocycles. The summed E-state index contributed by atoms with van der Waals surface area (Å²) in [6.07, 6.45) is 0. The van der Waals surface area contributed by atoms with Gasteiger partial charge in [0, 0.05) is 11.3 Å². The van der Waals surface area contributed by atoms with Crippen LogP contribution in [0.4, 0.5) is 5.69 Å². The fourth-order valence-corrected chi connectivity index (χ4v) is 2.94. The lowest BCUT2D eigenvalue weighted by Crippen LogP contribution is -3.08. The van der Waals surface area contributed by atoms with Gasteiger partial charge in [0.1, 0.15) is 6.54 Å². The molecule has 0 aliphatic carbocycles. The van der Waals surface area contributed by atoms with Crippen LogP contribution >= 0.6 is 0 Å². The van der Waals surface area contributed by atoms with Crippen molar-refractivity contribution in [2.45, 2.75) is 34.2 Å². The molecular weight excluding hydrogens is 284 g/mol. The number of likely N-dealkylation sites (N-methyl/N-ethyl adjacent to an activating group) is 1. The predicted molar refractivity (Wildman–Crippen MR) is 95.9 cm³/mol. The Balaban J connectivity index is 1.95. The molecule has 1 amide bonds. The lowest BCUT2D eigenvalue weighted by Gasteiger charge is -2.16. The third-order valence-corrected chi connectivity index (χ3v) is 4.13. The van der Waals surface area contributed by atoms with Gasteiger partial charge in [-0.05, 0) is 44.9 Å². The molecule has 0 aliphatic rings. The highest BCUT2D eigenvalue weighted by molar-refractivity contribution is 5.92. The Kier molecular flexibility index (Phi) is 5.56. The molecule has 2 aromatic carbocycles. The maximum Gasteiger partial charge on any atom is 0.279 e. The maximum absolute atomic E-state index is 12.3. The lowest BCUT2D eigenvalue weighted by atomic mass is 10.1. The van der Waals surface area contributed by atoms with Gasteiger partial charge in [0.25, 0.3) is 5.91 Å². The van der Waals surface area contributed by atoms with Crippen molar-refractivity contribution in [1.82, 2.24) is 0 Å². The van der Waals surface area contributed by atoms with Gasteiger partial charge in [0.15, 0.2) is 6.54 Å². The molecule has 2 rings (SSSR count). The van der Waals surface area contributed by atoms with Crippen LogP contribution in [0.3, 0.4) is 0 Å². The number of hydrogen-bond donors (Lipinski definition) is 2. The van der Waals surface area contributed by atoms with E-state index in [1.54, 1.807) is 0 Å². The third kappa shape index (κ3) is 4.93. The van der Waals surface area contributed by atoms with Gasteiger partial charge in [-0.25, -0.2) is 0 Å². The Hall–Kier alpha value is -2.13. The van der Waals surface area contributed by atoms with Crippen LogP contribution in [-0.4, -0.2) is 19.5 Å². The van der Waals surface area contributed by atoms with Crippen LogP contribution in [0.25, 0.3) is 0 Å². The lowest BCUT2D eigenvalue weighted by molar-refractivity contribution is -0.885. The van der Waals surface area contributed by atoms with E-state index in [0.29, 0.717) is 6.54 Å². The van der Waals surface area contributed by atoms with Crippen LogP contribution in [0, 0.1) is 27.7 Å². The van der Waals surface area contributed by atoms with Crippen molar-refractivity contribution in [3.63, 3.8) is 0 Å². The first-order valence-corrected chi connectivity index (χ1v) is 8.09. The van der Waals surface area contributed by atoms with Crippen LogP contribution in [0.15, 0.2) is 36.4 Å². The third-order valence-electron chi connectivity index (χ3n) is 4.13. The molecule has 0 bridgehead atoms. The molecule has 0 fully saturated rings. The molecule has 0 aliphatic heterocycles. The number of nitrogens with one attached hydrogen (secondary N) is 2. The second-order valence-electron chi connectivity index (χ2n) is 6.60. The summed E-state index contributed by atoms with van der Waals surface area (Å²) in [7, 11) is 2.06. The SMILES string of the molecule is Cc1cc(C)cc(C[NH+](C)CC(=O)Nc2cccc(C)c2C)c1. The van der Waals surface area contributed by atoms with E-state index in [0.717, 1.165) is 17.8 Å². The number of carbonyl (C=O) groups is 1. The molecule has 2 N–H and O–H groups in total. The monoisotopic (exact) mass is 311 g/mol. The summed E-state index contributed by atoms with van der Waals surface area (Å²) in [6.45, 7) is 9.63. The second-order valence-corrected chi connectivity index (χ2v) is 6.60. The average molecular weight is 311 g/mol. The van der Waals surface area contributed by atoms with E-state index in [4.69, 9.17) is 0 Å². The van der Waals surface area contributed by atoms with Crippen molar-refractivity contribution in [3.05, 3.63) is 64.2 Å². The van der Waals surface area contributed by atoms with E-state index in [1.165, 1.54) is 27.2 Å². The molecule has 3 nitrogen and oxygen atoms in total. The fraction of sp³-hybridized carbons (Fsp3) is 0.350. The smallest absolute Gasteiger partial charge is 0.279 e. The van der Waals surface area contributed by atoms with Gasteiger partial charge >= 0.3 is 0 Å². The molecule has 0 saturated heterocycles. The molecule has 3 heteroatoms. The highest BCUT2D eigenvalue weighted by Gasteiger charge is 2.12. The van der Waals surface area contributed by atoms with E-state index in [1.807, 2.05) is 19.1 Å². The molecule has 0 saturated carbocycles. The van der Waals surface area contributed by atoms with Gasteiger partial charge in [-0.3, -0.25) is 4.79 Å². The van der Waals surface area contributed by atoms with Crippen molar-refractivity contribution in [2.24, 2.45) is 0 Å². The van der Waals surface area contributed by atoms with Gasteiger partial charge in [0.2, 0.25) is 0 Å². The van der Waals surface area contributed by atoms with Crippen LogP contribution in [0.5, 0.6) is 0 Å². The minimum absolute atomic E-state index is 0.0561. The van der Waals surface area contributed by atoms with Crippen LogP contribution < -0.4 is 10.2 Å². The van der Waals surface area contributed by atoms with Crippen LogP contribution in [0.2, 0.25) is 0 Å². The molecule has 23 heavy (non-hydrogen) atoms. The normalized spacial score (nSPS) is 12.0. The minimum Gasteiger partial charge on any atom is -0.326 e. The van der Waals surface area contributed by atoms with E-state index < -0.39 is 0 Å². The van der Waals surface area contributed by atoms with Gasteiger partial charge in [-0.2, -0.15) is 0 Å². The number of aryl methyl sites for hydroxylation is 3. The number of amides is 1.